The second-order valence-corrected chi connectivity index (χ2v) is 5.52. The standard InChI is InChI=1S/C15H22O4/c1-15(17)9-5-4-6-10-12(15)8-7-11(13(10)18-2)14(16)19-3/h7-8,11-12,17H,4-6,9H2,1-3H3/t11?,12-,15-/m1/s1. The second kappa shape index (κ2) is 5.37. The van der Waals surface area contributed by atoms with E-state index in [0.29, 0.717) is 5.76 Å². The van der Waals surface area contributed by atoms with Crippen LogP contribution in [-0.2, 0) is 14.3 Å². The van der Waals surface area contributed by atoms with Crippen molar-refractivity contribution in [3.8, 4) is 0 Å². The van der Waals surface area contributed by atoms with Gasteiger partial charge in [-0.05, 0) is 31.8 Å². The molecule has 0 aliphatic heterocycles. The number of hydrogen-bond acceptors (Lipinski definition) is 4. The first kappa shape index (κ1) is 14.1. The predicted octanol–water partition coefficient (Wildman–Crippen LogP) is 2.19. The summed E-state index contributed by atoms with van der Waals surface area (Å²) in [5.41, 5.74) is 0.274. The zero-order valence-electron chi connectivity index (χ0n) is 11.8. The minimum Gasteiger partial charge on any atom is -0.500 e. The first-order valence-corrected chi connectivity index (χ1v) is 6.76. The van der Waals surface area contributed by atoms with Crippen LogP contribution < -0.4 is 0 Å². The van der Waals surface area contributed by atoms with Crippen LogP contribution >= 0.6 is 0 Å². The number of ether oxygens (including phenoxy) is 2. The van der Waals surface area contributed by atoms with E-state index in [1.54, 1.807) is 13.2 Å². The molecule has 2 rings (SSSR count). The molecular formula is C15H22O4. The average molecular weight is 266 g/mol. The normalized spacial score (nSPS) is 34.5. The summed E-state index contributed by atoms with van der Waals surface area (Å²) in [5.74, 6) is -0.203. The summed E-state index contributed by atoms with van der Waals surface area (Å²) in [7, 11) is 2.96. The largest absolute Gasteiger partial charge is 0.500 e. The summed E-state index contributed by atoms with van der Waals surface area (Å²) >= 11 is 0. The van der Waals surface area contributed by atoms with Gasteiger partial charge in [-0.2, -0.15) is 0 Å². The Hall–Kier alpha value is -1.29. The molecule has 3 atom stereocenters. The fourth-order valence-corrected chi connectivity index (χ4v) is 3.16. The van der Waals surface area contributed by atoms with Crippen molar-refractivity contribution >= 4 is 5.97 Å². The Labute approximate surface area is 114 Å². The van der Waals surface area contributed by atoms with Gasteiger partial charge in [-0.15, -0.1) is 0 Å². The molecular weight excluding hydrogens is 244 g/mol. The minimum absolute atomic E-state index is 0.0640. The maximum absolute atomic E-state index is 11.8. The molecule has 0 spiro atoms. The van der Waals surface area contributed by atoms with Crippen molar-refractivity contribution in [2.75, 3.05) is 14.2 Å². The maximum atomic E-state index is 11.8. The van der Waals surface area contributed by atoms with Crippen LogP contribution in [0.2, 0.25) is 0 Å². The summed E-state index contributed by atoms with van der Waals surface area (Å²) in [5, 5.41) is 10.6. The molecule has 1 N–H and O–H groups in total. The Morgan fingerprint density at radius 3 is 2.74 bits per heavy atom. The lowest BCUT2D eigenvalue weighted by molar-refractivity contribution is -0.143. The Morgan fingerprint density at radius 1 is 1.37 bits per heavy atom. The number of hydrogen-bond donors (Lipinski definition) is 1. The monoisotopic (exact) mass is 266 g/mol. The number of fused-ring (bicyclic) bond motifs is 1. The maximum Gasteiger partial charge on any atom is 0.320 e. The molecule has 0 amide bonds. The lowest BCUT2D eigenvalue weighted by atomic mass is 9.76. The fraction of sp³-hybridized carbons (Fsp3) is 0.667. The summed E-state index contributed by atoms with van der Waals surface area (Å²) in [6.45, 7) is 1.86. The van der Waals surface area contributed by atoms with Crippen LogP contribution in [0.1, 0.15) is 32.6 Å². The Kier molecular flexibility index (Phi) is 3.99. The molecule has 0 saturated heterocycles. The quantitative estimate of drug-likeness (QED) is 0.615. The van der Waals surface area contributed by atoms with Crippen molar-refractivity contribution in [2.45, 2.75) is 38.2 Å². The third-order valence-electron chi connectivity index (χ3n) is 4.19. The highest BCUT2D eigenvalue weighted by molar-refractivity contribution is 5.78. The molecule has 0 aromatic carbocycles. The zero-order chi connectivity index (χ0) is 14.0. The molecule has 4 heteroatoms. The summed E-state index contributed by atoms with van der Waals surface area (Å²) < 4.78 is 10.3. The predicted molar refractivity (Wildman–Crippen MR) is 71.3 cm³/mol. The molecule has 0 aromatic rings. The van der Waals surface area contributed by atoms with E-state index in [-0.39, 0.29) is 11.9 Å². The molecule has 1 unspecified atom stereocenters. The molecule has 0 aromatic heterocycles. The van der Waals surface area contributed by atoms with Crippen molar-refractivity contribution < 1.29 is 19.4 Å². The molecule has 2 aliphatic carbocycles. The topological polar surface area (TPSA) is 55.8 Å². The van der Waals surface area contributed by atoms with Crippen molar-refractivity contribution in [3.05, 3.63) is 23.5 Å². The summed E-state index contributed by atoms with van der Waals surface area (Å²) in [4.78, 5) is 11.8. The van der Waals surface area contributed by atoms with Crippen molar-refractivity contribution in [1.82, 2.24) is 0 Å². The highest BCUT2D eigenvalue weighted by atomic mass is 16.5. The van der Waals surface area contributed by atoms with Gasteiger partial charge in [-0.1, -0.05) is 18.6 Å². The molecule has 106 valence electrons. The van der Waals surface area contributed by atoms with Gasteiger partial charge in [0.2, 0.25) is 0 Å². The van der Waals surface area contributed by atoms with Crippen molar-refractivity contribution in [3.63, 3.8) is 0 Å². The SMILES string of the molecule is COC(=O)C1C=C[C@@H]2C(=C1OC)CCCC[C@@]2(C)O. The molecule has 19 heavy (non-hydrogen) atoms. The van der Waals surface area contributed by atoms with Crippen LogP contribution in [0.4, 0.5) is 0 Å². The molecule has 1 fully saturated rings. The van der Waals surface area contributed by atoms with Gasteiger partial charge >= 0.3 is 5.97 Å². The van der Waals surface area contributed by atoms with Crippen molar-refractivity contribution in [2.24, 2.45) is 11.8 Å². The molecule has 0 heterocycles. The van der Waals surface area contributed by atoms with E-state index < -0.39 is 11.5 Å². The lowest BCUT2D eigenvalue weighted by Crippen LogP contribution is -2.36. The highest BCUT2D eigenvalue weighted by Crippen LogP contribution is 2.43. The smallest absolute Gasteiger partial charge is 0.320 e. The van der Waals surface area contributed by atoms with Gasteiger partial charge in [-0.3, -0.25) is 4.79 Å². The number of esters is 1. The van der Waals surface area contributed by atoms with Crippen LogP contribution in [0.3, 0.4) is 0 Å². The molecule has 0 bridgehead atoms. The van der Waals surface area contributed by atoms with Crippen LogP contribution in [-0.4, -0.2) is 30.9 Å². The van der Waals surface area contributed by atoms with Gasteiger partial charge in [0.15, 0.2) is 0 Å². The van der Waals surface area contributed by atoms with Crippen LogP contribution in [0.25, 0.3) is 0 Å². The number of carbonyl (C=O) groups excluding carboxylic acids is 1. The van der Waals surface area contributed by atoms with Gasteiger partial charge in [0, 0.05) is 5.92 Å². The van der Waals surface area contributed by atoms with Crippen LogP contribution in [0.5, 0.6) is 0 Å². The highest BCUT2D eigenvalue weighted by Gasteiger charge is 2.41. The van der Waals surface area contributed by atoms with E-state index >= 15 is 0 Å². The van der Waals surface area contributed by atoms with Gasteiger partial charge in [0.25, 0.3) is 0 Å². The van der Waals surface area contributed by atoms with Gasteiger partial charge in [0.1, 0.15) is 11.7 Å². The molecule has 0 radical (unpaired) electrons. The Balaban J connectivity index is 2.43. The number of aliphatic hydroxyl groups is 1. The van der Waals surface area contributed by atoms with E-state index in [0.717, 1.165) is 31.3 Å². The first-order valence-electron chi connectivity index (χ1n) is 6.76. The average Bonchev–Trinajstić information content (AvgIpc) is 2.55. The van der Waals surface area contributed by atoms with E-state index in [9.17, 15) is 9.90 Å². The van der Waals surface area contributed by atoms with E-state index in [4.69, 9.17) is 9.47 Å². The van der Waals surface area contributed by atoms with E-state index in [1.807, 2.05) is 13.0 Å². The number of carbonyl (C=O) groups is 1. The Morgan fingerprint density at radius 2 is 2.11 bits per heavy atom. The van der Waals surface area contributed by atoms with E-state index in [2.05, 4.69) is 0 Å². The molecule has 2 aliphatic rings. The third-order valence-corrected chi connectivity index (χ3v) is 4.19. The third kappa shape index (κ3) is 2.54. The van der Waals surface area contributed by atoms with Crippen LogP contribution in [0.15, 0.2) is 23.5 Å². The number of methoxy groups -OCH3 is 2. The fourth-order valence-electron chi connectivity index (χ4n) is 3.16. The van der Waals surface area contributed by atoms with E-state index in [1.165, 1.54) is 7.11 Å². The molecule has 1 saturated carbocycles. The lowest BCUT2D eigenvalue weighted by Gasteiger charge is -2.35. The molecule has 4 nitrogen and oxygen atoms in total. The first-order chi connectivity index (χ1) is 9.01. The summed E-state index contributed by atoms with van der Waals surface area (Å²) in [6.07, 6.45) is 7.36. The Bertz CT molecular complexity index is 420. The second-order valence-electron chi connectivity index (χ2n) is 5.52. The zero-order valence-corrected chi connectivity index (χ0v) is 11.8. The van der Waals surface area contributed by atoms with Gasteiger partial charge in [0.05, 0.1) is 19.8 Å². The number of rotatable bonds is 2. The minimum atomic E-state index is -0.771. The van der Waals surface area contributed by atoms with Crippen molar-refractivity contribution in [1.29, 1.82) is 0 Å². The van der Waals surface area contributed by atoms with Gasteiger partial charge < -0.3 is 14.6 Å². The van der Waals surface area contributed by atoms with Gasteiger partial charge in [-0.25, -0.2) is 0 Å². The van der Waals surface area contributed by atoms with Crippen LogP contribution in [0, 0.1) is 11.8 Å². The summed E-state index contributed by atoms with van der Waals surface area (Å²) in [6, 6.07) is 0.